The van der Waals surface area contributed by atoms with Crippen LogP contribution in [-0.2, 0) is 26.1 Å². The summed E-state index contributed by atoms with van der Waals surface area (Å²) < 4.78 is 119. The van der Waals surface area contributed by atoms with Crippen LogP contribution in [0.15, 0.2) is 58.3 Å². The van der Waals surface area contributed by atoms with Crippen LogP contribution < -0.4 is 0 Å². The smallest absolute Gasteiger partial charge is 0.214 e. The van der Waals surface area contributed by atoms with Crippen molar-refractivity contribution in [3.8, 4) is 0 Å². The molecule has 1 unspecified atom stereocenters. The Morgan fingerprint density at radius 3 is 1.62 bits per heavy atom. The summed E-state index contributed by atoms with van der Waals surface area (Å²) in [5.41, 5.74) is -9.46. The van der Waals surface area contributed by atoms with Gasteiger partial charge in [-0.05, 0) is 54.0 Å². The molecule has 0 spiro atoms. The molecule has 0 amide bonds. The maximum Gasteiger partial charge on any atom is 0.501 e. The molecule has 0 bridgehead atoms. The normalized spacial score (nSPS) is 13.9. The van der Waals surface area contributed by atoms with Gasteiger partial charge in [-0.1, -0.05) is 58.0 Å². The van der Waals surface area contributed by atoms with Crippen LogP contribution in [0.4, 0.5) is 26.3 Å². The molecule has 0 aliphatic heterocycles. The Bertz CT molecular complexity index is 1150. The molecule has 12 heteroatoms. The van der Waals surface area contributed by atoms with E-state index in [4.69, 9.17) is 0 Å². The lowest BCUT2D eigenvalue weighted by Gasteiger charge is -2.16. The summed E-state index contributed by atoms with van der Waals surface area (Å²) in [6.45, 7) is 7.44. The van der Waals surface area contributed by atoms with Crippen LogP contribution in [0.1, 0.15) is 51.2 Å². The Balaban J connectivity index is 0.000000340. The number of rotatable bonds is 6. The third-order valence-corrected chi connectivity index (χ3v) is 7.90. The molecule has 2 aromatic carbocycles. The van der Waals surface area contributed by atoms with Gasteiger partial charge in [-0.25, -0.2) is 16.8 Å². The second-order valence-corrected chi connectivity index (χ2v) is 11.8. The second kappa shape index (κ2) is 11.1. The van der Waals surface area contributed by atoms with E-state index in [0.29, 0.717) is 18.8 Å². The minimum atomic E-state index is -5.26. The molecule has 0 heterocycles. The number of benzene rings is 2. The van der Waals surface area contributed by atoms with Crippen LogP contribution in [0.3, 0.4) is 0 Å². The minimum absolute atomic E-state index is 0.215. The van der Waals surface area contributed by atoms with E-state index in [-0.39, 0.29) is 11.5 Å². The van der Waals surface area contributed by atoms with Crippen LogP contribution in [0.25, 0.3) is 0 Å². The SMILES string of the molecule is CC(C)Cc1ccc(S(=O)(=O)C(F)(F)F)cc1.CCC(C)c1ccccc1S(=O)(=O)C(F)(F)F. The molecule has 2 rings (SSSR count). The average molecular weight is 533 g/mol. The Hall–Kier alpha value is -2.08. The molecule has 0 saturated heterocycles. The molecule has 0 radical (unpaired) electrons. The fraction of sp³-hybridized carbons (Fsp3) is 0.455. The largest absolute Gasteiger partial charge is 0.501 e. The van der Waals surface area contributed by atoms with Crippen molar-refractivity contribution in [3.05, 3.63) is 59.7 Å². The molecule has 1 atom stereocenters. The monoisotopic (exact) mass is 532 g/mol. The summed E-state index contributed by atoms with van der Waals surface area (Å²) in [7, 11) is -10.5. The summed E-state index contributed by atoms with van der Waals surface area (Å²) in [6, 6.07) is 10.1. The summed E-state index contributed by atoms with van der Waals surface area (Å²) in [6.07, 6.45) is 1.27. The van der Waals surface area contributed by atoms with Gasteiger partial charge in [0.05, 0.1) is 9.79 Å². The molecule has 0 fully saturated rings. The summed E-state index contributed by atoms with van der Waals surface area (Å²) in [5.74, 6) is 0.128. The standard InChI is InChI=1S/2C11H13F3O2S/c1-8(2)7-9-3-5-10(6-4-9)17(15,16)11(12,13)14;1-3-8(2)9-6-4-5-7-10(9)17(15,16)11(12,13)14/h3-6,8H,7H2,1-2H3;4-8H,3H2,1-2H3. The lowest BCUT2D eigenvalue weighted by atomic mass is 9.99. The van der Waals surface area contributed by atoms with E-state index in [1.807, 2.05) is 13.8 Å². The molecular weight excluding hydrogens is 506 g/mol. The topological polar surface area (TPSA) is 68.3 Å². The Labute approximate surface area is 195 Å². The van der Waals surface area contributed by atoms with Crippen molar-refractivity contribution in [1.82, 2.24) is 0 Å². The fourth-order valence-electron chi connectivity index (χ4n) is 2.89. The Morgan fingerprint density at radius 1 is 0.735 bits per heavy atom. The third-order valence-electron chi connectivity index (χ3n) is 4.84. The van der Waals surface area contributed by atoms with Gasteiger partial charge in [-0.2, -0.15) is 26.3 Å². The quantitative estimate of drug-likeness (QED) is 0.390. The van der Waals surface area contributed by atoms with Crippen LogP contribution >= 0.6 is 0 Å². The van der Waals surface area contributed by atoms with Crippen LogP contribution in [0.5, 0.6) is 0 Å². The van der Waals surface area contributed by atoms with Gasteiger partial charge < -0.3 is 0 Å². The zero-order valence-corrected chi connectivity index (χ0v) is 20.5. The van der Waals surface area contributed by atoms with E-state index in [0.717, 1.165) is 23.8 Å². The third kappa shape index (κ3) is 7.21. The lowest BCUT2D eigenvalue weighted by molar-refractivity contribution is -0.0442. The number of hydrogen-bond donors (Lipinski definition) is 0. The first-order chi connectivity index (χ1) is 15.4. The molecule has 0 aliphatic carbocycles. The molecule has 0 N–H and O–H groups in total. The van der Waals surface area contributed by atoms with Crippen molar-refractivity contribution < 1.29 is 43.2 Å². The van der Waals surface area contributed by atoms with Crippen LogP contribution in [0, 0.1) is 5.92 Å². The molecule has 0 aliphatic rings. The number of hydrogen-bond acceptors (Lipinski definition) is 4. The van der Waals surface area contributed by atoms with Gasteiger partial charge in [-0.15, -0.1) is 0 Å². The van der Waals surface area contributed by atoms with Crippen molar-refractivity contribution in [3.63, 3.8) is 0 Å². The number of sulfone groups is 2. The van der Waals surface area contributed by atoms with Crippen LogP contribution in [-0.4, -0.2) is 27.9 Å². The average Bonchev–Trinajstić information content (AvgIpc) is 2.72. The summed E-state index contributed by atoms with van der Waals surface area (Å²) in [4.78, 5) is -1.35. The molecule has 4 nitrogen and oxygen atoms in total. The first-order valence-electron chi connectivity index (χ1n) is 10.2. The van der Waals surface area contributed by atoms with Crippen molar-refractivity contribution >= 4 is 19.7 Å². The predicted molar refractivity (Wildman–Crippen MR) is 117 cm³/mol. The fourth-order valence-corrected chi connectivity index (χ4v) is 4.73. The first-order valence-corrected chi connectivity index (χ1v) is 13.1. The van der Waals surface area contributed by atoms with E-state index in [1.165, 1.54) is 30.3 Å². The summed E-state index contributed by atoms with van der Waals surface area (Å²) >= 11 is 0. The van der Waals surface area contributed by atoms with Gasteiger partial charge in [0, 0.05) is 0 Å². The number of halogens is 6. The van der Waals surface area contributed by atoms with Gasteiger partial charge in [0.15, 0.2) is 0 Å². The van der Waals surface area contributed by atoms with Crippen molar-refractivity contribution in [1.29, 1.82) is 0 Å². The maximum atomic E-state index is 12.5. The zero-order chi connectivity index (χ0) is 26.5. The van der Waals surface area contributed by atoms with Gasteiger partial charge in [-0.3, -0.25) is 0 Å². The highest BCUT2D eigenvalue weighted by molar-refractivity contribution is 7.92. The Kier molecular flexibility index (Phi) is 9.78. The summed E-state index contributed by atoms with van der Waals surface area (Å²) in [5, 5.41) is 0. The van der Waals surface area contributed by atoms with E-state index in [2.05, 4.69) is 0 Å². The van der Waals surface area contributed by atoms with Crippen molar-refractivity contribution in [2.24, 2.45) is 5.92 Å². The van der Waals surface area contributed by atoms with E-state index in [1.54, 1.807) is 13.8 Å². The highest BCUT2D eigenvalue weighted by atomic mass is 32.2. The highest BCUT2D eigenvalue weighted by Gasteiger charge is 2.48. The van der Waals surface area contributed by atoms with Gasteiger partial charge in [0.2, 0.25) is 0 Å². The molecule has 34 heavy (non-hydrogen) atoms. The van der Waals surface area contributed by atoms with E-state index >= 15 is 0 Å². The lowest BCUT2D eigenvalue weighted by Crippen LogP contribution is -2.24. The van der Waals surface area contributed by atoms with Crippen LogP contribution in [0.2, 0.25) is 0 Å². The van der Waals surface area contributed by atoms with E-state index < -0.39 is 40.5 Å². The predicted octanol–water partition coefficient (Wildman–Crippen LogP) is 6.67. The molecule has 0 aromatic heterocycles. The van der Waals surface area contributed by atoms with Crippen molar-refractivity contribution in [2.45, 2.75) is 67.3 Å². The molecule has 0 saturated carbocycles. The van der Waals surface area contributed by atoms with E-state index in [9.17, 15) is 43.2 Å². The van der Waals surface area contributed by atoms with Crippen molar-refractivity contribution in [2.75, 3.05) is 0 Å². The minimum Gasteiger partial charge on any atom is -0.214 e. The van der Waals surface area contributed by atoms with Gasteiger partial charge in [0.25, 0.3) is 19.7 Å². The number of alkyl halides is 6. The molecule has 2 aromatic rings. The molecular formula is C22H26F6O4S2. The molecule has 192 valence electrons. The second-order valence-electron chi connectivity index (χ2n) is 7.99. The van der Waals surface area contributed by atoms with Gasteiger partial charge in [0.1, 0.15) is 0 Å². The zero-order valence-electron chi connectivity index (χ0n) is 18.9. The highest BCUT2D eigenvalue weighted by Crippen LogP contribution is 2.35. The van der Waals surface area contributed by atoms with Gasteiger partial charge >= 0.3 is 11.0 Å². The first kappa shape index (κ1) is 30.0. The Morgan fingerprint density at radius 2 is 1.21 bits per heavy atom. The maximum absolute atomic E-state index is 12.5.